The second-order valence-electron chi connectivity index (χ2n) is 6.56. The van der Waals surface area contributed by atoms with Gasteiger partial charge in [-0.1, -0.05) is 41.9 Å². The van der Waals surface area contributed by atoms with Crippen LogP contribution in [0.15, 0.2) is 71.5 Å². The number of aromatic nitrogens is 2. The number of para-hydroxylation sites is 1. The van der Waals surface area contributed by atoms with Gasteiger partial charge in [0.25, 0.3) is 5.56 Å². The minimum atomic E-state index is -0.174. The first-order valence-corrected chi connectivity index (χ1v) is 9.66. The number of hydrogen-bond acceptors (Lipinski definition) is 4. The van der Waals surface area contributed by atoms with Crippen molar-refractivity contribution in [2.24, 2.45) is 0 Å². The van der Waals surface area contributed by atoms with Crippen LogP contribution in [-0.2, 0) is 0 Å². The van der Waals surface area contributed by atoms with E-state index in [4.69, 9.17) is 26.1 Å². The van der Waals surface area contributed by atoms with Gasteiger partial charge in [0.1, 0.15) is 17.3 Å². The average molecular weight is 419 g/mol. The highest BCUT2D eigenvalue weighted by Gasteiger charge is 2.12. The van der Waals surface area contributed by atoms with Gasteiger partial charge in [0.2, 0.25) is 0 Å². The molecule has 0 aliphatic heterocycles. The molecule has 5 nitrogen and oxygen atoms in total. The summed E-state index contributed by atoms with van der Waals surface area (Å²) in [7, 11) is 3.17. The van der Waals surface area contributed by atoms with Crippen molar-refractivity contribution in [3.63, 3.8) is 0 Å². The third-order valence-electron chi connectivity index (χ3n) is 4.71. The Hall–Kier alpha value is -3.57. The van der Waals surface area contributed by atoms with Crippen molar-refractivity contribution in [2.75, 3.05) is 14.2 Å². The highest BCUT2D eigenvalue weighted by atomic mass is 35.5. The highest BCUT2D eigenvalue weighted by molar-refractivity contribution is 6.32. The molecule has 1 aromatic heterocycles. The molecular formula is C24H19ClN2O3. The van der Waals surface area contributed by atoms with Gasteiger partial charge in [-0.25, -0.2) is 4.98 Å². The fraction of sp³-hybridized carbons (Fsp3) is 0.0833. The van der Waals surface area contributed by atoms with Crippen molar-refractivity contribution in [2.45, 2.75) is 0 Å². The number of nitrogens with zero attached hydrogens (tertiary/aromatic N) is 2. The predicted molar refractivity (Wildman–Crippen MR) is 121 cm³/mol. The largest absolute Gasteiger partial charge is 0.497 e. The van der Waals surface area contributed by atoms with Gasteiger partial charge < -0.3 is 9.47 Å². The van der Waals surface area contributed by atoms with Crippen LogP contribution < -0.4 is 15.0 Å². The number of fused-ring (bicyclic) bond motifs is 1. The molecule has 0 fully saturated rings. The third-order valence-corrected chi connectivity index (χ3v) is 5.01. The molecule has 3 aromatic carbocycles. The maximum Gasteiger partial charge on any atom is 0.266 e. The minimum absolute atomic E-state index is 0.174. The molecule has 0 atom stereocenters. The van der Waals surface area contributed by atoms with E-state index < -0.39 is 0 Å². The van der Waals surface area contributed by atoms with Crippen LogP contribution in [-0.4, -0.2) is 23.8 Å². The molecule has 4 aromatic rings. The van der Waals surface area contributed by atoms with Crippen molar-refractivity contribution in [1.29, 1.82) is 0 Å². The molecule has 0 N–H and O–H groups in total. The van der Waals surface area contributed by atoms with E-state index >= 15 is 0 Å². The molecule has 0 spiro atoms. The van der Waals surface area contributed by atoms with E-state index in [9.17, 15) is 4.79 Å². The number of halogens is 1. The highest BCUT2D eigenvalue weighted by Crippen LogP contribution is 2.27. The van der Waals surface area contributed by atoms with Crippen molar-refractivity contribution in [1.82, 2.24) is 9.55 Å². The summed E-state index contributed by atoms with van der Waals surface area (Å²) in [5.74, 6) is 1.78. The smallest absolute Gasteiger partial charge is 0.266 e. The zero-order valence-corrected chi connectivity index (χ0v) is 17.3. The first kappa shape index (κ1) is 19.7. The lowest BCUT2D eigenvalue weighted by Crippen LogP contribution is -2.22. The third kappa shape index (κ3) is 3.80. The maximum atomic E-state index is 13.3. The lowest BCUT2D eigenvalue weighted by Gasteiger charge is -2.13. The van der Waals surface area contributed by atoms with Crippen molar-refractivity contribution in [3.8, 4) is 17.2 Å². The Morgan fingerprint density at radius 2 is 1.77 bits per heavy atom. The van der Waals surface area contributed by atoms with E-state index in [1.807, 2.05) is 48.5 Å². The Morgan fingerprint density at radius 1 is 0.933 bits per heavy atom. The Bertz CT molecular complexity index is 1310. The number of benzene rings is 3. The molecule has 0 aliphatic carbocycles. The van der Waals surface area contributed by atoms with Gasteiger partial charge in [0.15, 0.2) is 0 Å². The van der Waals surface area contributed by atoms with Crippen LogP contribution >= 0.6 is 11.6 Å². The quantitative estimate of drug-likeness (QED) is 0.445. The number of hydrogen-bond donors (Lipinski definition) is 0. The molecule has 150 valence electrons. The summed E-state index contributed by atoms with van der Waals surface area (Å²) >= 11 is 6.32. The summed E-state index contributed by atoms with van der Waals surface area (Å²) < 4.78 is 12.1. The molecule has 0 unspecified atom stereocenters. The Morgan fingerprint density at radius 3 is 2.53 bits per heavy atom. The van der Waals surface area contributed by atoms with Crippen LogP contribution in [0.3, 0.4) is 0 Å². The van der Waals surface area contributed by atoms with Crippen LogP contribution in [0.2, 0.25) is 5.02 Å². The normalized spacial score (nSPS) is 11.2. The van der Waals surface area contributed by atoms with E-state index in [-0.39, 0.29) is 5.56 Å². The summed E-state index contributed by atoms with van der Waals surface area (Å²) in [5, 5.41) is 0.945. The van der Waals surface area contributed by atoms with Crippen LogP contribution in [0.25, 0.3) is 28.7 Å². The monoisotopic (exact) mass is 418 g/mol. The number of ether oxygens (including phenoxy) is 2. The van der Waals surface area contributed by atoms with E-state index in [2.05, 4.69) is 0 Å². The van der Waals surface area contributed by atoms with Gasteiger partial charge in [-0.2, -0.15) is 0 Å². The molecule has 1 heterocycles. The van der Waals surface area contributed by atoms with Crippen LogP contribution in [0.1, 0.15) is 11.4 Å². The first-order valence-electron chi connectivity index (χ1n) is 9.28. The standard InChI is InChI=1S/C24H19ClN2O3/c1-29-18-7-5-6-16(14-18)10-13-23-26-21-9-4-3-8-19(21)24(28)27(23)17-11-12-22(30-2)20(25)15-17/h3-15H,1-2H3/b13-10+. The Kier molecular flexibility index (Phi) is 5.55. The van der Waals surface area contributed by atoms with E-state index in [1.165, 1.54) is 0 Å². The maximum absolute atomic E-state index is 13.3. The average Bonchev–Trinajstić information content (AvgIpc) is 2.78. The van der Waals surface area contributed by atoms with Crippen LogP contribution in [0.5, 0.6) is 11.5 Å². The Labute approximate surface area is 178 Å². The Balaban J connectivity index is 1.91. The van der Waals surface area contributed by atoms with Crippen molar-refractivity contribution in [3.05, 3.63) is 93.5 Å². The zero-order valence-electron chi connectivity index (χ0n) is 16.5. The number of methoxy groups -OCH3 is 2. The van der Waals surface area contributed by atoms with Gasteiger partial charge in [-0.15, -0.1) is 0 Å². The van der Waals surface area contributed by atoms with E-state index in [0.717, 1.165) is 11.3 Å². The summed E-state index contributed by atoms with van der Waals surface area (Å²) in [6, 6.07) is 20.1. The summed E-state index contributed by atoms with van der Waals surface area (Å²) in [5.41, 5.74) is 1.99. The molecule has 0 aliphatic rings. The van der Waals surface area contributed by atoms with Gasteiger partial charge in [-0.3, -0.25) is 9.36 Å². The molecule has 4 rings (SSSR count). The van der Waals surface area contributed by atoms with Crippen molar-refractivity contribution < 1.29 is 9.47 Å². The molecule has 30 heavy (non-hydrogen) atoms. The predicted octanol–water partition coefficient (Wildman–Crippen LogP) is 5.23. The lowest BCUT2D eigenvalue weighted by molar-refractivity contribution is 0.414. The summed E-state index contributed by atoms with van der Waals surface area (Å²) in [6.45, 7) is 0. The fourth-order valence-electron chi connectivity index (χ4n) is 3.22. The van der Waals surface area contributed by atoms with Gasteiger partial charge in [0.05, 0.1) is 35.8 Å². The topological polar surface area (TPSA) is 53.3 Å². The molecule has 6 heteroatoms. The van der Waals surface area contributed by atoms with Crippen LogP contribution in [0.4, 0.5) is 0 Å². The fourth-order valence-corrected chi connectivity index (χ4v) is 3.47. The van der Waals surface area contributed by atoms with E-state index in [0.29, 0.717) is 33.2 Å². The zero-order chi connectivity index (χ0) is 21.1. The van der Waals surface area contributed by atoms with E-state index in [1.54, 1.807) is 49.1 Å². The first-order chi connectivity index (χ1) is 14.6. The molecular weight excluding hydrogens is 400 g/mol. The van der Waals surface area contributed by atoms with Gasteiger partial charge >= 0.3 is 0 Å². The summed E-state index contributed by atoms with van der Waals surface area (Å²) in [6.07, 6.45) is 3.70. The van der Waals surface area contributed by atoms with Gasteiger partial charge in [-0.05, 0) is 54.1 Å². The second-order valence-corrected chi connectivity index (χ2v) is 6.96. The van der Waals surface area contributed by atoms with Crippen LogP contribution in [0, 0.1) is 0 Å². The minimum Gasteiger partial charge on any atom is -0.497 e. The molecule has 0 saturated carbocycles. The van der Waals surface area contributed by atoms with Crippen molar-refractivity contribution >= 4 is 34.7 Å². The molecule has 0 saturated heterocycles. The molecule has 0 radical (unpaired) electrons. The molecule has 0 bridgehead atoms. The SMILES string of the molecule is COc1cccc(/C=C/c2nc3ccccc3c(=O)n2-c2ccc(OC)c(Cl)c2)c1. The second kappa shape index (κ2) is 8.43. The number of rotatable bonds is 5. The lowest BCUT2D eigenvalue weighted by atomic mass is 10.2. The molecule has 0 amide bonds. The van der Waals surface area contributed by atoms with Gasteiger partial charge in [0, 0.05) is 0 Å². The summed E-state index contributed by atoms with van der Waals surface area (Å²) in [4.78, 5) is 18.0.